The summed E-state index contributed by atoms with van der Waals surface area (Å²) < 4.78 is 91.7. The molecular weight excluding hydrogens is 287 g/mol. The van der Waals surface area contributed by atoms with Gasteiger partial charge < -0.3 is 10.5 Å². The van der Waals surface area contributed by atoms with Gasteiger partial charge in [0.2, 0.25) is 0 Å². The van der Waals surface area contributed by atoms with Crippen LogP contribution in [0, 0.1) is 5.92 Å². The zero-order valence-electron chi connectivity index (χ0n) is 9.90. The van der Waals surface area contributed by atoms with E-state index in [0.29, 0.717) is 0 Å². The van der Waals surface area contributed by atoms with Crippen molar-refractivity contribution in [3.8, 4) is 0 Å². The fourth-order valence-corrected chi connectivity index (χ4v) is 1.23. The second-order valence-electron chi connectivity index (χ2n) is 4.25. The fourth-order valence-electron chi connectivity index (χ4n) is 1.23. The molecule has 0 spiro atoms. The molecule has 114 valence electrons. The first-order chi connectivity index (χ1) is 8.23. The van der Waals surface area contributed by atoms with E-state index in [-0.39, 0.29) is 0 Å². The molecule has 0 rings (SSSR count). The molecule has 0 saturated heterocycles. The fraction of sp³-hybridized carbons (Fsp3) is 0.889. The van der Waals surface area contributed by atoms with Crippen LogP contribution in [0.4, 0.5) is 35.5 Å². The Bertz CT molecular complexity index is 327. The van der Waals surface area contributed by atoms with Crippen LogP contribution >= 0.6 is 0 Å². The van der Waals surface area contributed by atoms with Gasteiger partial charge in [-0.05, 0) is 12.3 Å². The third kappa shape index (κ3) is 3.87. The maximum Gasteiger partial charge on any atom is 0.460 e. The largest absolute Gasteiger partial charge is 0.460 e. The predicted octanol–water partition coefficient (Wildman–Crippen LogP) is 3.33. The summed E-state index contributed by atoms with van der Waals surface area (Å²) in [5.74, 6) is -12.7. The highest BCUT2D eigenvalue weighted by atomic mass is 19.4. The van der Waals surface area contributed by atoms with E-state index in [1.807, 2.05) is 0 Å². The summed E-state index contributed by atoms with van der Waals surface area (Å²) >= 11 is 0. The van der Waals surface area contributed by atoms with E-state index >= 15 is 0 Å². The first-order valence-electron chi connectivity index (χ1n) is 5.02. The Hall–Kier alpha value is -1.22. The first-order valence-corrected chi connectivity index (χ1v) is 5.02. The lowest BCUT2D eigenvalue weighted by atomic mass is 9.96. The highest BCUT2D eigenvalue weighted by Crippen LogP contribution is 2.49. The molecule has 0 radical (unpaired) electrons. The smallest absolute Gasteiger partial charge is 0.440 e. The number of amides is 1. The van der Waals surface area contributed by atoms with Crippen molar-refractivity contribution in [2.24, 2.45) is 11.7 Å². The molecule has 1 amide bonds. The van der Waals surface area contributed by atoms with Crippen LogP contribution in [0.15, 0.2) is 0 Å². The van der Waals surface area contributed by atoms with Gasteiger partial charge in [-0.15, -0.1) is 0 Å². The van der Waals surface area contributed by atoms with Crippen LogP contribution in [0.2, 0.25) is 0 Å². The third-order valence-electron chi connectivity index (χ3n) is 2.12. The van der Waals surface area contributed by atoms with Crippen LogP contribution in [0.25, 0.3) is 0 Å². The van der Waals surface area contributed by atoms with Crippen LogP contribution in [0.3, 0.4) is 0 Å². The lowest BCUT2D eigenvalue weighted by Gasteiger charge is -2.33. The van der Waals surface area contributed by atoms with Gasteiger partial charge in [0.25, 0.3) is 0 Å². The minimum atomic E-state index is -6.48. The van der Waals surface area contributed by atoms with Crippen molar-refractivity contribution < 1.29 is 40.3 Å². The van der Waals surface area contributed by atoms with Crippen LogP contribution in [-0.2, 0) is 4.74 Å². The summed E-state index contributed by atoms with van der Waals surface area (Å²) in [6, 6.07) is 0. The zero-order chi connectivity index (χ0) is 15.6. The molecule has 0 heterocycles. The van der Waals surface area contributed by atoms with Crippen LogP contribution in [0.1, 0.15) is 20.3 Å². The van der Waals surface area contributed by atoms with Gasteiger partial charge in [-0.25, -0.2) is 4.79 Å². The number of rotatable bonds is 5. The Morgan fingerprint density at radius 1 is 1.11 bits per heavy atom. The highest BCUT2D eigenvalue weighted by Gasteiger charge is 2.76. The zero-order valence-corrected chi connectivity index (χ0v) is 9.90. The van der Waals surface area contributed by atoms with Crippen LogP contribution in [0.5, 0.6) is 0 Å². The molecule has 1 atom stereocenters. The quantitative estimate of drug-likeness (QED) is 0.792. The number of nitrogens with two attached hydrogens (primary N) is 1. The normalized spacial score (nSPS) is 15.5. The number of carbonyl (C=O) groups is 1. The van der Waals surface area contributed by atoms with E-state index in [1.54, 1.807) is 0 Å². The van der Waals surface area contributed by atoms with Crippen molar-refractivity contribution in [3.63, 3.8) is 0 Å². The second kappa shape index (κ2) is 5.41. The number of carbonyl (C=O) groups excluding carboxylic acids is 1. The number of alkyl halides is 7. The molecule has 0 aromatic carbocycles. The minimum absolute atomic E-state index is 0.723. The number of hydrogen-bond acceptors (Lipinski definition) is 2. The summed E-state index contributed by atoms with van der Waals surface area (Å²) in [5, 5.41) is 0. The monoisotopic (exact) mass is 299 g/mol. The topological polar surface area (TPSA) is 52.3 Å². The molecule has 3 nitrogen and oxygen atoms in total. The van der Waals surface area contributed by atoms with E-state index in [2.05, 4.69) is 10.5 Å². The summed E-state index contributed by atoms with van der Waals surface area (Å²) in [6.07, 6.45) is -12.2. The molecule has 0 bridgehead atoms. The Labute approximate surface area is 103 Å². The van der Waals surface area contributed by atoms with E-state index < -0.39 is 42.6 Å². The highest BCUT2D eigenvalue weighted by molar-refractivity contribution is 5.64. The van der Waals surface area contributed by atoms with E-state index in [1.165, 1.54) is 13.8 Å². The molecule has 0 aliphatic heterocycles. The van der Waals surface area contributed by atoms with Gasteiger partial charge in [-0.1, -0.05) is 13.8 Å². The van der Waals surface area contributed by atoms with Gasteiger partial charge in [0.05, 0.1) is 0 Å². The van der Waals surface area contributed by atoms with E-state index in [9.17, 15) is 35.5 Å². The number of halogens is 7. The molecule has 0 fully saturated rings. The van der Waals surface area contributed by atoms with Crippen LogP contribution < -0.4 is 5.73 Å². The van der Waals surface area contributed by atoms with Gasteiger partial charge in [0.15, 0.2) is 6.10 Å². The summed E-state index contributed by atoms with van der Waals surface area (Å²) in [6.45, 7) is 2.55. The SMILES string of the molecule is CC(C)CC(OC(N)=O)C(F)(F)C(F)(F)C(F)(F)F. The summed E-state index contributed by atoms with van der Waals surface area (Å²) in [7, 11) is 0. The van der Waals surface area contributed by atoms with Gasteiger partial charge in [0, 0.05) is 0 Å². The molecule has 2 N–H and O–H groups in total. The van der Waals surface area contributed by atoms with E-state index in [4.69, 9.17) is 0 Å². The van der Waals surface area contributed by atoms with Gasteiger partial charge >= 0.3 is 24.1 Å². The second-order valence-corrected chi connectivity index (χ2v) is 4.25. The number of hydrogen-bond donors (Lipinski definition) is 1. The minimum Gasteiger partial charge on any atom is -0.440 e. The van der Waals surface area contributed by atoms with Crippen molar-refractivity contribution in [1.82, 2.24) is 0 Å². The Balaban J connectivity index is 5.44. The van der Waals surface area contributed by atoms with Crippen molar-refractivity contribution >= 4 is 6.09 Å². The van der Waals surface area contributed by atoms with Crippen molar-refractivity contribution in [2.75, 3.05) is 0 Å². The number of primary amides is 1. The molecule has 10 heteroatoms. The molecule has 0 aromatic heterocycles. The third-order valence-corrected chi connectivity index (χ3v) is 2.12. The molecule has 0 aliphatic carbocycles. The lowest BCUT2D eigenvalue weighted by molar-refractivity contribution is -0.370. The van der Waals surface area contributed by atoms with Gasteiger partial charge in [0.1, 0.15) is 0 Å². The molecule has 19 heavy (non-hydrogen) atoms. The number of ether oxygens (including phenoxy) is 1. The average molecular weight is 299 g/mol. The summed E-state index contributed by atoms with van der Waals surface area (Å²) in [5.41, 5.74) is 4.40. The molecular formula is C9H12F7NO2. The average Bonchev–Trinajstić information content (AvgIpc) is 2.12. The summed E-state index contributed by atoms with van der Waals surface area (Å²) in [4.78, 5) is 10.4. The Morgan fingerprint density at radius 3 is 1.79 bits per heavy atom. The van der Waals surface area contributed by atoms with Gasteiger partial charge in [-0.2, -0.15) is 30.7 Å². The molecule has 0 saturated carbocycles. The van der Waals surface area contributed by atoms with Gasteiger partial charge in [-0.3, -0.25) is 0 Å². The Morgan fingerprint density at radius 2 is 1.53 bits per heavy atom. The maximum absolute atomic E-state index is 13.3. The molecule has 1 unspecified atom stereocenters. The first kappa shape index (κ1) is 17.8. The van der Waals surface area contributed by atoms with Crippen LogP contribution in [-0.4, -0.2) is 30.2 Å². The lowest BCUT2D eigenvalue weighted by Crippen LogP contribution is -2.59. The standard InChI is InChI=1S/C9H12F7NO2/c1-4(2)3-5(19-6(17)18)7(10,11)8(12,13)9(14,15)16/h4-5H,3H2,1-2H3,(H2,17,18). The Kier molecular flexibility index (Phi) is 5.07. The molecule has 0 aromatic rings. The predicted molar refractivity (Wildman–Crippen MR) is 49.9 cm³/mol. The molecule has 0 aliphatic rings. The van der Waals surface area contributed by atoms with Crippen molar-refractivity contribution in [1.29, 1.82) is 0 Å². The van der Waals surface area contributed by atoms with Crippen molar-refractivity contribution in [3.05, 3.63) is 0 Å². The van der Waals surface area contributed by atoms with Crippen molar-refractivity contribution in [2.45, 2.75) is 44.4 Å². The maximum atomic E-state index is 13.3. The van der Waals surface area contributed by atoms with E-state index in [0.717, 1.165) is 0 Å².